The minimum absolute atomic E-state index is 0.163. The monoisotopic (exact) mass is 358 g/mol. The number of rotatable bonds is 3. The molecule has 24 heavy (non-hydrogen) atoms. The number of nitrogens with one attached hydrogen (secondary N) is 2. The third-order valence-corrected chi connectivity index (χ3v) is 5.22. The molecule has 1 heterocycles. The number of aryl methyl sites for hydroxylation is 1. The van der Waals surface area contributed by atoms with Gasteiger partial charge in [-0.2, -0.15) is 0 Å². The molecule has 0 aliphatic rings. The minimum Gasteiger partial charge on any atom is -0.326 e. The number of anilines is 2. The number of carbonyl (C=O) groups excluding carboxylic acids is 2. The molecule has 0 saturated carbocycles. The van der Waals surface area contributed by atoms with Gasteiger partial charge in [-0.1, -0.05) is 35.9 Å². The molecule has 1 aromatic heterocycles. The third-order valence-electron chi connectivity index (χ3n) is 3.55. The molecule has 0 spiro atoms. The van der Waals surface area contributed by atoms with Gasteiger partial charge in [0, 0.05) is 28.4 Å². The summed E-state index contributed by atoms with van der Waals surface area (Å²) in [6.45, 7) is 3.33. The molecule has 122 valence electrons. The molecule has 2 amide bonds. The van der Waals surface area contributed by atoms with Crippen molar-refractivity contribution >= 4 is 56.2 Å². The van der Waals surface area contributed by atoms with E-state index in [2.05, 4.69) is 10.6 Å². The van der Waals surface area contributed by atoms with Gasteiger partial charge in [-0.25, -0.2) is 0 Å². The Morgan fingerprint density at radius 1 is 1.08 bits per heavy atom. The molecule has 3 rings (SSSR count). The zero-order valence-corrected chi connectivity index (χ0v) is 14.7. The first-order valence-corrected chi connectivity index (χ1v) is 8.52. The van der Waals surface area contributed by atoms with E-state index >= 15 is 0 Å². The SMILES string of the molecule is CC(=O)Nc1ccc(C)c(NC(=O)c2sc3ccccc3c2Cl)c1. The van der Waals surface area contributed by atoms with Crippen LogP contribution in [-0.2, 0) is 4.79 Å². The summed E-state index contributed by atoms with van der Waals surface area (Å²) >= 11 is 7.71. The molecule has 0 radical (unpaired) electrons. The van der Waals surface area contributed by atoms with Crippen molar-refractivity contribution in [1.29, 1.82) is 0 Å². The number of hydrogen-bond donors (Lipinski definition) is 2. The molecule has 3 aromatic rings. The van der Waals surface area contributed by atoms with Gasteiger partial charge in [0.15, 0.2) is 0 Å². The molecule has 0 bridgehead atoms. The Kier molecular flexibility index (Phi) is 4.55. The average molecular weight is 359 g/mol. The lowest BCUT2D eigenvalue weighted by Gasteiger charge is -2.10. The van der Waals surface area contributed by atoms with Crippen LogP contribution in [0.3, 0.4) is 0 Å². The second-order valence-electron chi connectivity index (χ2n) is 5.41. The molecular weight excluding hydrogens is 344 g/mol. The van der Waals surface area contributed by atoms with Crippen molar-refractivity contribution < 1.29 is 9.59 Å². The lowest BCUT2D eigenvalue weighted by molar-refractivity contribution is -0.114. The first kappa shape index (κ1) is 16.5. The molecule has 0 aliphatic heterocycles. The molecule has 2 aromatic carbocycles. The Morgan fingerprint density at radius 2 is 1.83 bits per heavy atom. The highest BCUT2D eigenvalue weighted by atomic mass is 35.5. The Labute approximate surface area is 148 Å². The van der Waals surface area contributed by atoms with Gasteiger partial charge in [0.25, 0.3) is 5.91 Å². The normalized spacial score (nSPS) is 10.6. The second kappa shape index (κ2) is 6.63. The van der Waals surface area contributed by atoms with Gasteiger partial charge >= 0.3 is 0 Å². The maximum Gasteiger partial charge on any atom is 0.267 e. The van der Waals surface area contributed by atoms with Crippen LogP contribution in [0.2, 0.25) is 5.02 Å². The Hall–Kier alpha value is -2.37. The number of halogens is 1. The van der Waals surface area contributed by atoms with Gasteiger partial charge in [0.2, 0.25) is 5.91 Å². The van der Waals surface area contributed by atoms with Crippen LogP contribution < -0.4 is 10.6 Å². The molecular formula is C18H15ClN2O2S. The zero-order valence-electron chi connectivity index (χ0n) is 13.1. The quantitative estimate of drug-likeness (QED) is 0.686. The van der Waals surface area contributed by atoms with E-state index in [-0.39, 0.29) is 11.8 Å². The maximum atomic E-state index is 12.6. The van der Waals surface area contributed by atoms with E-state index in [0.717, 1.165) is 15.6 Å². The number of carbonyl (C=O) groups is 2. The van der Waals surface area contributed by atoms with Gasteiger partial charge < -0.3 is 10.6 Å². The predicted molar refractivity (Wildman–Crippen MR) is 100 cm³/mol. The highest BCUT2D eigenvalue weighted by molar-refractivity contribution is 7.21. The minimum atomic E-state index is -0.260. The second-order valence-corrected chi connectivity index (χ2v) is 6.84. The van der Waals surface area contributed by atoms with Crippen molar-refractivity contribution in [2.75, 3.05) is 10.6 Å². The van der Waals surface area contributed by atoms with Crippen molar-refractivity contribution in [3.8, 4) is 0 Å². The first-order chi connectivity index (χ1) is 11.5. The van der Waals surface area contributed by atoms with Gasteiger partial charge in [0.05, 0.1) is 5.02 Å². The smallest absolute Gasteiger partial charge is 0.267 e. The maximum absolute atomic E-state index is 12.6. The van der Waals surface area contributed by atoms with Crippen molar-refractivity contribution in [3.05, 3.63) is 57.9 Å². The van der Waals surface area contributed by atoms with Crippen molar-refractivity contribution in [1.82, 2.24) is 0 Å². The van der Waals surface area contributed by atoms with Crippen LogP contribution in [0.25, 0.3) is 10.1 Å². The van der Waals surface area contributed by atoms with Gasteiger partial charge in [-0.3, -0.25) is 9.59 Å². The van der Waals surface area contributed by atoms with E-state index in [0.29, 0.717) is 21.3 Å². The lowest BCUT2D eigenvalue weighted by Crippen LogP contribution is -2.12. The fraction of sp³-hybridized carbons (Fsp3) is 0.111. The van der Waals surface area contributed by atoms with Crippen LogP contribution >= 0.6 is 22.9 Å². The van der Waals surface area contributed by atoms with E-state index in [1.54, 1.807) is 12.1 Å². The van der Waals surface area contributed by atoms with E-state index in [1.807, 2.05) is 37.3 Å². The summed E-state index contributed by atoms with van der Waals surface area (Å²) in [4.78, 5) is 24.3. The van der Waals surface area contributed by atoms with Gasteiger partial charge in [0.1, 0.15) is 4.88 Å². The summed E-state index contributed by atoms with van der Waals surface area (Å²) in [6.07, 6.45) is 0. The molecule has 0 atom stereocenters. The highest BCUT2D eigenvalue weighted by Gasteiger charge is 2.17. The van der Waals surface area contributed by atoms with E-state index < -0.39 is 0 Å². The Bertz CT molecular complexity index is 949. The summed E-state index contributed by atoms with van der Waals surface area (Å²) in [6, 6.07) is 13.0. The summed E-state index contributed by atoms with van der Waals surface area (Å²) in [5, 5.41) is 6.92. The topological polar surface area (TPSA) is 58.2 Å². The number of amides is 2. The van der Waals surface area contributed by atoms with Crippen LogP contribution in [0, 0.1) is 6.92 Å². The molecule has 0 aliphatic carbocycles. The summed E-state index contributed by atoms with van der Waals surface area (Å²) in [7, 11) is 0. The average Bonchev–Trinajstić information content (AvgIpc) is 2.88. The van der Waals surface area contributed by atoms with E-state index in [4.69, 9.17) is 11.6 Å². The summed E-state index contributed by atoms with van der Waals surface area (Å²) in [5.41, 5.74) is 2.17. The van der Waals surface area contributed by atoms with Crippen LogP contribution in [0.15, 0.2) is 42.5 Å². The van der Waals surface area contributed by atoms with Crippen molar-refractivity contribution in [3.63, 3.8) is 0 Å². The van der Waals surface area contributed by atoms with Gasteiger partial charge in [-0.15, -0.1) is 11.3 Å². The Balaban J connectivity index is 1.91. The molecule has 4 nitrogen and oxygen atoms in total. The summed E-state index contributed by atoms with van der Waals surface area (Å²) in [5.74, 6) is -0.423. The molecule has 0 saturated heterocycles. The predicted octanol–water partition coefficient (Wildman–Crippen LogP) is 5.07. The number of thiophene rings is 1. The third kappa shape index (κ3) is 3.27. The van der Waals surface area contributed by atoms with Crippen LogP contribution in [0.1, 0.15) is 22.2 Å². The number of hydrogen-bond acceptors (Lipinski definition) is 3. The highest BCUT2D eigenvalue weighted by Crippen LogP contribution is 2.35. The zero-order chi connectivity index (χ0) is 17.3. The van der Waals surface area contributed by atoms with Crippen LogP contribution in [-0.4, -0.2) is 11.8 Å². The van der Waals surface area contributed by atoms with Crippen molar-refractivity contribution in [2.24, 2.45) is 0 Å². The number of benzene rings is 2. The van der Waals surface area contributed by atoms with Crippen LogP contribution in [0.5, 0.6) is 0 Å². The molecule has 6 heteroatoms. The Morgan fingerprint density at radius 3 is 2.54 bits per heavy atom. The fourth-order valence-electron chi connectivity index (χ4n) is 2.38. The largest absolute Gasteiger partial charge is 0.326 e. The standard InChI is InChI=1S/C18H15ClN2O2S/c1-10-7-8-12(20-11(2)22)9-14(10)21-18(23)17-16(19)13-5-3-4-6-15(13)24-17/h3-9H,1-2H3,(H,20,22)(H,21,23). The van der Waals surface area contributed by atoms with Gasteiger partial charge in [-0.05, 0) is 30.7 Å². The molecule has 0 fully saturated rings. The molecule has 0 unspecified atom stereocenters. The van der Waals surface area contributed by atoms with Crippen LogP contribution in [0.4, 0.5) is 11.4 Å². The summed E-state index contributed by atoms with van der Waals surface area (Å²) < 4.78 is 0.969. The first-order valence-electron chi connectivity index (χ1n) is 7.32. The molecule has 2 N–H and O–H groups in total. The lowest BCUT2D eigenvalue weighted by atomic mass is 10.1. The van der Waals surface area contributed by atoms with Crippen molar-refractivity contribution in [2.45, 2.75) is 13.8 Å². The number of fused-ring (bicyclic) bond motifs is 1. The van der Waals surface area contributed by atoms with E-state index in [1.165, 1.54) is 18.3 Å². The fourth-order valence-corrected chi connectivity index (χ4v) is 3.79. The van der Waals surface area contributed by atoms with E-state index in [9.17, 15) is 9.59 Å².